The number of hydrogen-bond acceptors (Lipinski definition) is 6. The van der Waals surface area contributed by atoms with Gasteiger partial charge in [-0.25, -0.2) is 18.2 Å². The third-order valence-corrected chi connectivity index (χ3v) is 5.59. The molecule has 11 heteroatoms. The van der Waals surface area contributed by atoms with Gasteiger partial charge in [-0.05, 0) is 25.5 Å². The lowest BCUT2D eigenvalue weighted by atomic mass is 9.92. The maximum atomic E-state index is 15.4. The van der Waals surface area contributed by atoms with E-state index in [0.29, 0.717) is 19.3 Å². The zero-order valence-corrected chi connectivity index (χ0v) is 18.3. The largest absolute Gasteiger partial charge is 0.388 e. The molecule has 0 radical (unpaired) electrons. The molecule has 2 aliphatic carbocycles. The summed E-state index contributed by atoms with van der Waals surface area (Å²) in [5.74, 6) is -1.20. The van der Waals surface area contributed by atoms with Crippen LogP contribution in [0.15, 0.2) is 34.4 Å². The van der Waals surface area contributed by atoms with Crippen molar-refractivity contribution in [3.8, 4) is 0 Å². The van der Waals surface area contributed by atoms with Gasteiger partial charge in [-0.1, -0.05) is 19.3 Å². The van der Waals surface area contributed by atoms with Gasteiger partial charge in [-0.2, -0.15) is 5.10 Å². The van der Waals surface area contributed by atoms with Crippen LogP contribution in [0.4, 0.5) is 13.2 Å². The molecule has 5 rings (SSSR count). The molecule has 2 fully saturated rings. The number of aromatic amines is 1. The molecule has 0 bridgehead atoms. The Morgan fingerprint density at radius 3 is 2.65 bits per heavy atom. The minimum absolute atomic E-state index is 0.0741. The molecule has 1 aliphatic heterocycles. The first-order chi connectivity index (χ1) is 16.5. The predicted octanol–water partition coefficient (Wildman–Crippen LogP) is 4.18. The number of fused-ring (bicyclic) bond motifs is 1. The number of carbonyl (C=O) groups excluding carboxylic acids is 1. The van der Waals surface area contributed by atoms with Crippen molar-refractivity contribution in [2.45, 2.75) is 44.6 Å². The molecule has 3 N–H and O–H groups in total. The lowest BCUT2D eigenvalue weighted by molar-refractivity contribution is -0.108. The first-order valence-corrected chi connectivity index (χ1v) is 11.0. The number of aliphatic hydroxyl groups excluding tert-OH is 1. The van der Waals surface area contributed by atoms with E-state index in [1.807, 2.05) is 0 Å². The number of nitrogens with zero attached hydrogens (tertiary/aromatic N) is 4. The molecule has 3 aliphatic rings. The lowest BCUT2D eigenvalue weighted by Crippen LogP contribution is -2.20. The third kappa shape index (κ3) is 5.04. The van der Waals surface area contributed by atoms with Gasteiger partial charge in [0.2, 0.25) is 6.41 Å². The van der Waals surface area contributed by atoms with E-state index in [2.05, 4.69) is 32.2 Å². The van der Waals surface area contributed by atoms with Gasteiger partial charge < -0.3 is 15.3 Å². The van der Waals surface area contributed by atoms with Gasteiger partial charge >= 0.3 is 0 Å². The second-order valence-electron chi connectivity index (χ2n) is 8.28. The monoisotopic (exact) mass is 474 g/mol. The fraction of sp³-hybridized carbons (Fsp3) is 0.391. The van der Waals surface area contributed by atoms with E-state index in [9.17, 15) is 18.7 Å². The van der Waals surface area contributed by atoms with Crippen LogP contribution < -0.4 is 5.32 Å². The van der Waals surface area contributed by atoms with Gasteiger partial charge in [0.15, 0.2) is 0 Å². The molecule has 34 heavy (non-hydrogen) atoms. The first kappa shape index (κ1) is 23.7. The molecule has 2 saturated carbocycles. The van der Waals surface area contributed by atoms with Gasteiger partial charge in [0.05, 0.1) is 35.6 Å². The highest BCUT2D eigenvalue weighted by molar-refractivity contribution is 5.97. The van der Waals surface area contributed by atoms with Crippen molar-refractivity contribution >= 4 is 35.9 Å². The predicted molar refractivity (Wildman–Crippen MR) is 123 cm³/mol. The van der Waals surface area contributed by atoms with Crippen LogP contribution in [0.5, 0.6) is 0 Å². The van der Waals surface area contributed by atoms with E-state index in [1.165, 1.54) is 49.0 Å². The van der Waals surface area contributed by atoms with Crippen molar-refractivity contribution in [1.82, 2.24) is 20.4 Å². The Labute approximate surface area is 194 Å². The van der Waals surface area contributed by atoms with Crippen LogP contribution in [0, 0.1) is 11.7 Å². The Kier molecular flexibility index (Phi) is 7.11. The van der Waals surface area contributed by atoms with Crippen LogP contribution in [0.3, 0.4) is 0 Å². The summed E-state index contributed by atoms with van der Waals surface area (Å²) in [4.78, 5) is 20.0. The fourth-order valence-electron chi connectivity index (χ4n) is 3.63. The van der Waals surface area contributed by atoms with Crippen LogP contribution in [0.25, 0.3) is 16.6 Å². The van der Waals surface area contributed by atoms with E-state index in [-0.39, 0.29) is 46.0 Å². The average molecular weight is 474 g/mol. The maximum absolute atomic E-state index is 15.4. The molecule has 1 aromatic heterocycles. The van der Waals surface area contributed by atoms with Crippen molar-refractivity contribution in [2.75, 3.05) is 6.54 Å². The molecule has 180 valence electrons. The number of carbonyl (C=O) groups is 1. The Bertz CT molecular complexity index is 1160. The molecule has 8 nitrogen and oxygen atoms in total. The van der Waals surface area contributed by atoms with Crippen LogP contribution in [0.2, 0.25) is 0 Å². The summed E-state index contributed by atoms with van der Waals surface area (Å²) in [7, 11) is 0. The molecule has 1 unspecified atom stereocenters. The number of halogens is 3. The van der Waals surface area contributed by atoms with E-state index < -0.39 is 23.9 Å². The summed E-state index contributed by atoms with van der Waals surface area (Å²) in [5.41, 5.74) is -0.916. The molecule has 0 saturated heterocycles. The van der Waals surface area contributed by atoms with Crippen LogP contribution in [-0.4, -0.2) is 46.1 Å². The smallest absolute Gasteiger partial charge is 0.267 e. The normalized spacial score (nSPS) is 18.3. The quantitative estimate of drug-likeness (QED) is 0.394. The van der Waals surface area contributed by atoms with Crippen molar-refractivity contribution in [3.05, 3.63) is 46.9 Å². The second-order valence-corrected chi connectivity index (χ2v) is 8.28. The number of hydrogen-bond donors (Lipinski definition) is 3. The maximum Gasteiger partial charge on any atom is 0.267 e. The van der Waals surface area contributed by atoms with Gasteiger partial charge in [0, 0.05) is 35.1 Å². The molecule has 0 spiro atoms. The van der Waals surface area contributed by atoms with E-state index in [4.69, 9.17) is 0 Å². The molecule has 2 aromatic rings. The van der Waals surface area contributed by atoms with Crippen molar-refractivity contribution in [3.63, 3.8) is 0 Å². The summed E-state index contributed by atoms with van der Waals surface area (Å²) in [5, 5.41) is 19.7. The number of benzene rings is 1. The number of aliphatic imine (C=N–C) groups is 2. The Morgan fingerprint density at radius 1 is 1.32 bits per heavy atom. The SMILES string of the molecule is C1CC1.C=N/C(=C\N1C=C(c2c(C(F)F)c(F)c(C(O)C3CC3)c3[nH]ncc23)N=CC1)NC=O. The van der Waals surface area contributed by atoms with Crippen LogP contribution >= 0.6 is 0 Å². The minimum atomic E-state index is -3.15. The van der Waals surface area contributed by atoms with Crippen LogP contribution in [-0.2, 0) is 4.79 Å². The second kappa shape index (κ2) is 10.2. The number of nitrogens with one attached hydrogen (secondary N) is 2. The topological polar surface area (TPSA) is 106 Å². The van der Waals surface area contributed by atoms with E-state index in [0.717, 1.165) is 0 Å². The van der Waals surface area contributed by atoms with E-state index in [1.54, 1.807) is 0 Å². The highest BCUT2D eigenvalue weighted by Gasteiger charge is 2.37. The number of rotatable bonds is 8. The first-order valence-electron chi connectivity index (χ1n) is 11.0. The highest BCUT2D eigenvalue weighted by Crippen LogP contribution is 2.47. The molecule has 1 amide bonds. The van der Waals surface area contributed by atoms with Gasteiger partial charge in [-0.15, -0.1) is 0 Å². The zero-order chi connectivity index (χ0) is 24.2. The van der Waals surface area contributed by atoms with Crippen molar-refractivity contribution < 1.29 is 23.1 Å². The van der Waals surface area contributed by atoms with Gasteiger partial charge in [-0.3, -0.25) is 14.9 Å². The van der Waals surface area contributed by atoms with E-state index >= 15 is 4.39 Å². The van der Waals surface area contributed by atoms with Gasteiger partial charge in [0.25, 0.3) is 6.43 Å². The van der Waals surface area contributed by atoms with Crippen LogP contribution in [0.1, 0.15) is 61.3 Å². The molecule has 1 atom stereocenters. The number of H-pyrrole nitrogens is 1. The molecule has 1 aromatic carbocycles. The number of aliphatic hydroxyl groups is 1. The minimum Gasteiger partial charge on any atom is -0.388 e. The standard InChI is InChI=1S/C20H19F3N6O2.C3H6/c1-24-13(26-9-30)8-29-5-4-25-12(7-29)14-11-6-27-28-18(11)16(19(31)10-2-3-10)17(21)15(14)20(22)23;1-2-3-1/h4,6-10,19-20,31H,1-3,5H2,(H,26,30)(H,27,28);1-3H2/b13-8+;. The average Bonchev–Trinajstić information content (AvgIpc) is 3.74. The Hall–Kier alpha value is -3.47. The molecular weight excluding hydrogens is 449 g/mol. The van der Waals surface area contributed by atoms with Crippen molar-refractivity contribution in [2.24, 2.45) is 15.9 Å². The summed E-state index contributed by atoms with van der Waals surface area (Å²) < 4.78 is 43.5. The highest BCUT2D eigenvalue weighted by atomic mass is 19.3. The number of alkyl halides is 2. The zero-order valence-electron chi connectivity index (χ0n) is 18.3. The molecule has 2 heterocycles. The Balaban J connectivity index is 0.000000846. The Morgan fingerprint density at radius 2 is 2.06 bits per heavy atom. The number of amides is 1. The van der Waals surface area contributed by atoms with Crippen molar-refractivity contribution in [1.29, 1.82) is 0 Å². The summed E-state index contributed by atoms with van der Waals surface area (Å²) in [6.07, 6.45) is 7.61. The fourth-order valence-corrected chi connectivity index (χ4v) is 3.63. The lowest BCUT2D eigenvalue weighted by Gasteiger charge is -2.23. The molecular formula is C23H25F3N6O2. The summed E-state index contributed by atoms with van der Waals surface area (Å²) in [6, 6.07) is 0. The third-order valence-electron chi connectivity index (χ3n) is 5.59. The summed E-state index contributed by atoms with van der Waals surface area (Å²) in [6.45, 7) is 3.61. The summed E-state index contributed by atoms with van der Waals surface area (Å²) >= 11 is 0. The number of aromatic nitrogens is 2. The van der Waals surface area contributed by atoms with Gasteiger partial charge in [0.1, 0.15) is 11.6 Å².